The van der Waals surface area contributed by atoms with E-state index in [-0.39, 0.29) is 41.6 Å². The van der Waals surface area contributed by atoms with Gasteiger partial charge in [-0.15, -0.1) is 6.42 Å². The molecule has 0 bridgehead atoms. The summed E-state index contributed by atoms with van der Waals surface area (Å²) >= 11 is 0. The molecule has 1 aromatic carbocycles. The van der Waals surface area contributed by atoms with Crippen LogP contribution in [-0.2, 0) is 19.2 Å². The number of benzene rings is 1. The van der Waals surface area contributed by atoms with Crippen molar-refractivity contribution in [1.29, 1.82) is 0 Å². The Bertz CT molecular complexity index is 1320. The first-order chi connectivity index (χ1) is 21.6. The van der Waals surface area contributed by atoms with Crippen LogP contribution < -0.4 is 10.6 Å². The number of carbonyl (C=O) groups is 4. The molecular formula is C37H55N5O4. The molecule has 9 nitrogen and oxygen atoms in total. The second-order valence-corrected chi connectivity index (χ2v) is 14.6. The lowest BCUT2D eigenvalue weighted by atomic mass is 9.84. The van der Waals surface area contributed by atoms with Crippen LogP contribution in [0.3, 0.4) is 0 Å². The van der Waals surface area contributed by atoms with Crippen molar-refractivity contribution in [3.63, 3.8) is 0 Å². The molecule has 2 fully saturated rings. The summed E-state index contributed by atoms with van der Waals surface area (Å²) in [4.78, 5) is 60.2. The van der Waals surface area contributed by atoms with E-state index in [9.17, 15) is 19.2 Å². The standard InChI is InChI=1S/C37H55N5O4/c1-11-27-17-19-28(20-18-27)38-33(43)30-16-14-22-42(30)35(45)26(6)23-31(24(2)3)40(10)36(46)32(37(7,8)9)39-34(44)29-15-12-13-21-41(29)25(4)5/h1,17-20,23-25,29-32H,12-16,21-22H2,2-10H3,(H,38,43)(H,39,44)/b26-23+/t29?,30?,31-,32?/m1/s1. The predicted octanol–water partition coefficient (Wildman–Crippen LogP) is 4.82. The number of piperidine rings is 1. The van der Waals surface area contributed by atoms with Crippen LogP contribution in [0.2, 0.25) is 0 Å². The summed E-state index contributed by atoms with van der Waals surface area (Å²) in [6, 6.07) is 5.27. The van der Waals surface area contributed by atoms with E-state index in [1.165, 1.54) is 0 Å². The van der Waals surface area contributed by atoms with E-state index in [1.807, 2.05) is 40.7 Å². The molecule has 1 aromatic rings. The molecule has 9 heteroatoms. The van der Waals surface area contributed by atoms with E-state index in [0.29, 0.717) is 24.2 Å². The number of amides is 4. The van der Waals surface area contributed by atoms with E-state index < -0.39 is 23.5 Å². The maximum atomic E-state index is 14.1. The highest BCUT2D eigenvalue weighted by atomic mass is 16.2. The first-order valence-corrected chi connectivity index (χ1v) is 16.8. The van der Waals surface area contributed by atoms with E-state index in [2.05, 4.69) is 35.3 Å². The predicted molar refractivity (Wildman–Crippen MR) is 184 cm³/mol. The average molecular weight is 634 g/mol. The molecule has 0 aliphatic carbocycles. The number of likely N-dealkylation sites (N-methyl/N-ethyl adjacent to an activating group) is 1. The first kappa shape index (κ1) is 36.8. The van der Waals surface area contributed by atoms with Crippen LogP contribution in [0.5, 0.6) is 0 Å². The van der Waals surface area contributed by atoms with Crippen LogP contribution in [0.15, 0.2) is 35.9 Å². The number of likely N-dealkylation sites (tertiary alicyclic amines) is 2. The maximum Gasteiger partial charge on any atom is 0.249 e. The monoisotopic (exact) mass is 633 g/mol. The van der Waals surface area contributed by atoms with Crippen LogP contribution in [0.25, 0.3) is 0 Å². The summed E-state index contributed by atoms with van der Waals surface area (Å²) in [5.41, 5.74) is 1.28. The molecule has 3 rings (SSSR count). The summed E-state index contributed by atoms with van der Waals surface area (Å²) in [7, 11) is 1.74. The Hall–Kier alpha value is -3.64. The summed E-state index contributed by atoms with van der Waals surface area (Å²) in [5.74, 6) is 1.78. The SMILES string of the molecule is C#Cc1ccc(NC(=O)C2CCCN2C(=O)/C(C)=C/[C@H](C(C)C)N(C)C(=O)C(NC(=O)C2CCCCN2C(C)C)C(C)(C)C)cc1. The molecule has 252 valence electrons. The zero-order valence-electron chi connectivity index (χ0n) is 29.4. The fourth-order valence-corrected chi connectivity index (χ4v) is 6.55. The molecule has 4 atom stereocenters. The second kappa shape index (κ2) is 15.8. The number of hydrogen-bond acceptors (Lipinski definition) is 5. The zero-order chi connectivity index (χ0) is 34.3. The first-order valence-electron chi connectivity index (χ1n) is 16.8. The number of hydrogen-bond donors (Lipinski definition) is 2. The van der Waals surface area contributed by atoms with Crippen molar-refractivity contribution in [1.82, 2.24) is 20.0 Å². The largest absolute Gasteiger partial charge is 0.342 e. The highest BCUT2D eigenvalue weighted by Crippen LogP contribution is 2.27. The Labute approximate surface area is 276 Å². The van der Waals surface area contributed by atoms with Crippen molar-refractivity contribution in [2.45, 2.75) is 118 Å². The zero-order valence-corrected chi connectivity index (χ0v) is 29.4. The minimum atomic E-state index is -0.743. The van der Waals surface area contributed by atoms with Gasteiger partial charge in [0.1, 0.15) is 12.1 Å². The van der Waals surface area contributed by atoms with Gasteiger partial charge in [0.05, 0.1) is 12.1 Å². The fourth-order valence-electron chi connectivity index (χ4n) is 6.55. The van der Waals surface area contributed by atoms with Gasteiger partial charge >= 0.3 is 0 Å². The number of rotatable bonds is 10. The molecule has 46 heavy (non-hydrogen) atoms. The average Bonchev–Trinajstić information content (AvgIpc) is 3.51. The normalized spacial score (nSPS) is 20.7. The number of carbonyl (C=O) groups excluding carboxylic acids is 4. The highest BCUT2D eigenvalue weighted by Gasteiger charge is 2.40. The van der Waals surface area contributed by atoms with Gasteiger partial charge in [0.2, 0.25) is 23.6 Å². The van der Waals surface area contributed by atoms with Crippen LogP contribution >= 0.6 is 0 Å². The minimum absolute atomic E-state index is 0.00791. The molecule has 0 radical (unpaired) electrons. The number of nitrogens with zero attached hydrogens (tertiary/aromatic N) is 3. The summed E-state index contributed by atoms with van der Waals surface area (Å²) < 4.78 is 0. The molecular weight excluding hydrogens is 578 g/mol. The van der Waals surface area contributed by atoms with Gasteiger partial charge in [-0.2, -0.15) is 0 Å². The smallest absolute Gasteiger partial charge is 0.249 e. The lowest BCUT2D eigenvalue weighted by Gasteiger charge is -2.41. The molecule has 2 aliphatic heterocycles. The van der Waals surface area contributed by atoms with Gasteiger partial charge in [-0.25, -0.2) is 0 Å². The molecule has 0 spiro atoms. The van der Waals surface area contributed by atoms with Crippen LogP contribution in [0.1, 0.15) is 93.1 Å². The van der Waals surface area contributed by atoms with Crippen molar-refractivity contribution < 1.29 is 19.2 Å². The summed E-state index contributed by atoms with van der Waals surface area (Å²) in [6.07, 6.45) is 11.4. The van der Waals surface area contributed by atoms with Gasteiger partial charge in [-0.3, -0.25) is 24.1 Å². The Morgan fingerprint density at radius 1 is 0.957 bits per heavy atom. The van der Waals surface area contributed by atoms with E-state index in [1.54, 1.807) is 48.0 Å². The lowest BCUT2D eigenvalue weighted by molar-refractivity contribution is -0.142. The van der Waals surface area contributed by atoms with Gasteiger partial charge in [0, 0.05) is 36.5 Å². The Morgan fingerprint density at radius 3 is 2.15 bits per heavy atom. The van der Waals surface area contributed by atoms with Crippen molar-refractivity contribution in [3.05, 3.63) is 41.5 Å². The summed E-state index contributed by atoms with van der Waals surface area (Å²) in [6.45, 7) is 17.2. The van der Waals surface area contributed by atoms with Crippen molar-refractivity contribution in [2.24, 2.45) is 11.3 Å². The van der Waals surface area contributed by atoms with Crippen LogP contribution in [0, 0.1) is 23.7 Å². The van der Waals surface area contributed by atoms with Crippen molar-refractivity contribution >= 4 is 29.3 Å². The van der Waals surface area contributed by atoms with Crippen molar-refractivity contribution in [3.8, 4) is 12.3 Å². The Kier molecular flexibility index (Phi) is 12.6. The van der Waals surface area contributed by atoms with Gasteiger partial charge in [-0.05, 0) is 88.6 Å². The van der Waals surface area contributed by atoms with Gasteiger partial charge in [-0.1, -0.05) is 53.0 Å². The molecule has 2 aliphatic rings. The minimum Gasteiger partial charge on any atom is -0.342 e. The molecule has 2 N–H and O–H groups in total. The van der Waals surface area contributed by atoms with Crippen molar-refractivity contribution in [2.75, 3.05) is 25.5 Å². The van der Waals surface area contributed by atoms with Crippen LogP contribution in [0.4, 0.5) is 5.69 Å². The second-order valence-electron chi connectivity index (χ2n) is 14.6. The van der Waals surface area contributed by atoms with Gasteiger partial charge in [0.25, 0.3) is 0 Å². The molecule has 2 saturated heterocycles. The third-order valence-electron chi connectivity index (χ3n) is 9.28. The third kappa shape index (κ3) is 9.00. The quantitative estimate of drug-likeness (QED) is 0.284. The van der Waals surface area contributed by atoms with Gasteiger partial charge < -0.3 is 20.4 Å². The summed E-state index contributed by atoms with van der Waals surface area (Å²) in [5, 5.41) is 6.04. The van der Waals surface area contributed by atoms with Crippen LogP contribution in [-0.4, -0.2) is 88.7 Å². The lowest BCUT2D eigenvalue weighted by Crippen LogP contribution is -2.60. The Balaban J connectivity index is 1.77. The molecule has 0 saturated carbocycles. The number of anilines is 1. The third-order valence-corrected chi connectivity index (χ3v) is 9.28. The molecule has 2 heterocycles. The molecule has 4 amide bonds. The maximum absolute atomic E-state index is 14.1. The van der Waals surface area contributed by atoms with Gasteiger partial charge in [0.15, 0.2) is 0 Å². The van der Waals surface area contributed by atoms with E-state index >= 15 is 0 Å². The highest BCUT2D eigenvalue weighted by molar-refractivity contribution is 6.01. The van der Waals surface area contributed by atoms with E-state index in [0.717, 1.165) is 37.8 Å². The number of terminal acetylenes is 1. The van der Waals surface area contributed by atoms with E-state index in [4.69, 9.17) is 6.42 Å². The molecule has 0 aromatic heterocycles. The Morgan fingerprint density at radius 2 is 1.59 bits per heavy atom. The number of nitrogens with one attached hydrogen (secondary N) is 2. The fraction of sp³-hybridized carbons (Fsp3) is 0.622. The topological polar surface area (TPSA) is 102 Å². The molecule has 3 unspecified atom stereocenters.